The summed E-state index contributed by atoms with van der Waals surface area (Å²) in [6, 6.07) is 20.0. The Morgan fingerprint density at radius 3 is 2.33 bits per heavy atom. The lowest BCUT2D eigenvalue weighted by Gasteiger charge is -2.24. The molecule has 1 amide bonds. The molecule has 2 aromatic carbocycles. The number of amides is 1. The van der Waals surface area contributed by atoms with Crippen LogP contribution in [0.3, 0.4) is 0 Å². The van der Waals surface area contributed by atoms with E-state index in [0.717, 1.165) is 17.5 Å². The zero-order chi connectivity index (χ0) is 14.7. The van der Waals surface area contributed by atoms with Crippen molar-refractivity contribution >= 4 is 5.91 Å². The molecule has 3 heteroatoms. The molecule has 1 saturated heterocycles. The van der Waals surface area contributed by atoms with Crippen molar-refractivity contribution in [3.05, 3.63) is 71.8 Å². The number of hydrogen-bond donors (Lipinski definition) is 0. The van der Waals surface area contributed by atoms with Gasteiger partial charge in [0.2, 0.25) is 5.91 Å². The van der Waals surface area contributed by atoms with E-state index in [1.54, 1.807) is 5.06 Å². The summed E-state index contributed by atoms with van der Waals surface area (Å²) in [5.74, 6) is 0.0748. The van der Waals surface area contributed by atoms with Gasteiger partial charge in [-0.2, -0.15) is 0 Å². The quantitative estimate of drug-likeness (QED) is 0.854. The molecule has 0 N–H and O–H groups in total. The summed E-state index contributed by atoms with van der Waals surface area (Å²) in [5, 5.41) is 1.56. The molecule has 1 aliphatic rings. The molecule has 2 aromatic rings. The number of rotatable bonds is 4. The third-order valence-electron chi connectivity index (χ3n) is 3.90. The summed E-state index contributed by atoms with van der Waals surface area (Å²) in [7, 11) is 0. The normalized spacial score (nSPS) is 21.8. The van der Waals surface area contributed by atoms with E-state index in [9.17, 15) is 4.79 Å². The molecule has 0 aromatic heterocycles. The fourth-order valence-corrected chi connectivity index (χ4v) is 2.72. The second kappa shape index (κ2) is 6.10. The average Bonchev–Trinajstić information content (AvgIpc) is 2.82. The molecule has 1 heterocycles. The molecule has 108 valence electrons. The van der Waals surface area contributed by atoms with Gasteiger partial charge in [-0.3, -0.25) is 9.63 Å². The van der Waals surface area contributed by atoms with Crippen LogP contribution in [0.5, 0.6) is 0 Å². The molecular formula is C18H19NO2. The Hall–Kier alpha value is -2.13. The van der Waals surface area contributed by atoms with Crippen LogP contribution in [0.2, 0.25) is 0 Å². The van der Waals surface area contributed by atoms with Crippen molar-refractivity contribution < 1.29 is 9.63 Å². The third kappa shape index (κ3) is 2.98. The van der Waals surface area contributed by atoms with E-state index in [1.807, 2.05) is 55.5 Å². The van der Waals surface area contributed by atoms with Crippen molar-refractivity contribution in [1.29, 1.82) is 0 Å². The maximum atomic E-state index is 12.3. The average molecular weight is 281 g/mol. The molecule has 1 fully saturated rings. The van der Waals surface area contributed by atoms with Crippen molar-refractivity contribution in [3.8, 4) is 0 Å². The van der Waals surface area contributed by atoms with Gasteiger partial charge in [0.25, 0.3) is 0 Å². The fourth-order valence-electron chi connectivity index (χ4n) is 2.72. The summed E-state index contributed by atoms with van der Waals surface area (Å²) in [6.45, 7) is 2.38. The minimum absolute atomic E-state index is 0.00554. The molecule has 0 bridgehead atoms. The number of hydrogen-bond acceptors (Lipinski definition) is 2. The SMILES string of the molecule is C[C@H]1C[C@@H](c2ccccc2)N(OCc2ccccc2)C1=O. The van der Waals surface area contributed by atoms with E-state index in [1.165, 1.54) is 0 Å². The minimum Gasteiger partial charge on any atom is -0.272 e. The van der Waals surface area contributed by atoms with Gasteiger partial charge in [0.15, 0.2) is 0 Å². The van der Waals surface area contributed by atoms with Crippen molar-refractivity contribution in [1.82, 2.24) is 5.06 Å². The smallest absolute Gasteiger partial charge is 0.249 e. The Balaban J connectivity index is 1.75. The van der Waals surface area contributed by atoms with Gasteiger partial charge in [-0.05, 0) is 17.5 Å². The first-order valence-electron chi connectivity index (χ1n) is 7.30. The Morgan fingerprint density at radius 2 is 1.67 bits per heavy atom. The van der Waals surface area contributed by atoms with Crippen LogP contribution in [0.4, 0.5) is 0 Å². The molecule has 21 heavy (non-hydrogen) atoms. The summed E-state index contributed by atoms with van der Waals surface area (Å²) < 4.78 is 0. The number of nitrogens with zero attached hydrogens (tertiary/aromatic N) is 1. The van der Waals surface area contributed by atoms with Gasteiger partial charge >= 0.3 is 0 Å². The molecule has 2 atom stereocenters. The van der Waals surface area contributed by atoms with Crippen LogP contribution >= 0.6 is 0 Å². The second-order valence-electron chi connectivity index (χ2n) is 5.49. The summed E-state index contributed by atoms with van der Waals surface area (Å²) in [6.07, 6.45) is 0.803. The van der Waals surface area contributed by atoms with Crippen LogP contribution in [0, 0.1) is 5.92 Å². The van der Waals surface area contributed by atoms with E-state index in [2.05, 4.69) is 12.1 Å². The van der Waals surface area contributed by atoms with Crippen LogP contribution in [0.15, 0.2) is 60.7 Å². The number of carbonyl (C=O) groups is 1. The van der Waals surface area contributed by atoms with Gasteiger partial charge in [-0.1, -0.05) is 67.6 Å². The van der Waals surface area contributed by atoms with Crippen LogP contribution < -0.4 is 0 Å². The lowest BCUT2D eigenvalue weighted by atomic mass is 10.0. The van der Waals surface area contributed by atoms with Gasteiger partial charge < -0.3 is 0 Å². The largest absolute Gasteiger partial charge is 0.272 e. The van der Waals surface area contributed by atoms with E-state index in [-0.39, 0.29) is 17.9 Å². The third-order valence-corrected chi connectivity index (χ3v) is 3.90. The van der Waals surface area contributed by atoms with E-state index >= 15 is 0 Å². The first kappa shape index (κ1) is 13.8. The zero-order valence-electron chi connectivity index (χ0n) is 12.1. The molecular weight excluding hydrogens is 262 g/mol. The second-order valence-corrected chi connectivity index (χ2v) is 5.49. The number of carbonyl (C=O) groups excluding carboxylic acids is 1. The van der Waals surface area contributed by atoms with Crippen molar-refractivity contribution in [2.24, 2.45) is 5.92 Å². The lowest BCUT2D eigenvalue weighted by Crippen LogP contribution is -2.29. The molecule has 0 spiro atoms. The Bertz CT molecular complexity index is 597. The summed E-state index contributed by atoms with van der Waals surface area (Å²) in [4.78, 5) is 18.1. The maximum absolute atomic E-state index is 12.3. The van der Waals surface area contributed by atoms with Crippen LogP contribution in [-0.2, 0) is 16.2 Å². The topological polar surface area (TPSA) is 29.5 Å². The highest BCUT2D eigenvalue weighted by Gasteiger charge is 2.38. The predicted octanol–water partition coefficient (Wildman–Crippen LogP) is 3.73. The highest BCUT2D eigenvalue weighted by molar-refractivity contribution is 5.80. The van der Waals surface area contributed by atoms with Crippen LogP contribution in [-0.4, -0.2) is 11.0 Å². The molecule has 1 aliphatic heterocycles. The van der Waals surface area contributed by atoms with Crippen molar-refractivity contribution in [2.75, 3.05) is 0 Å². The highest BCUT2D eigenvalue weighted by atomic mass is 16.7. The molecule has 3 rings (SSSR count). The van der Waals surface area contributed by atoms with Gasteiger partial charge in [-0.25, -0.2) is 5.06 Å². The van der Waals surface area contributed by atoms with Gasteiger partial charge in [0, 0.05) is 5.92 Å². The lowest BCUT2D eigenvalue weighted by molar-refractivity contribution is -0.197. The predicted molar refractivity (Wildman–Crippen MR) is 81.0 cm³/mol. The molecule has 0 saturated carbocycles. The first-order chi connectivity index (χ1) is 10.3. The van der Waals surface area contributed by atoms with Gasteiger partial charge in [-0.15, -0.1) is 0 Å². The van der Waals surface area contributed by atoms with Crippen molar-refractivity contribution in [3.63, 3.8) is 0 Å². The summed E-state index contributed by atoms with van der Waals surface area (Å²) in [5.41, 5.74) is 2.19. The van der Waals surface area contributed by atoms with E-state index in [0.29, 0.717) is 6.61 Å². The van der Waals surface area contributed by atoms with Gasteiger partial charge in [0.05, 0.1) is 6.04 Å². The summed E-state index contributed by atoms with van der Waals surface area (Å²) >= 11 is 0. The minimum atomic E-state index is 0.00554. The van der Waals surface area contributed by atoms with Gasteiger partial charge in [0.1, 0.15) is 6.61 Å². The maximum Gasteiger partial charge on any atom is 0.249 e. The Kier molecular flexibility index (Phi) is 4.02. The van der Waals surface area contributed by atoms with Crippen molar-refractivity contribution in [2.45, 2.75) is 26.0 Å². The Morgan fingerprint density at radius 1 is 1.05 bits per heavy atom. The first-order valence-corrected chi connectivity index (χ1v) is 7.30. The van der Waals surface area contributed by atoms with E-state index < -0.39 is 0 Å². The Labute approximate surface area is 125 Å². The number of hydroxylamine groups is 2. The molecule has 3 nitrogen and oxygen atoms in total. The highest BCUT2D eigenvalue weighted by Crippen LogP contribution is 2.36. The van der Waals surface area contributed by atoms with Crippen LogP contribution in [0.1, 0.15) is 30.5 Å². The standard InChI is InChI=1S/C18H19NO2/c1-14-12-17(16-10-6-3-7-11-16)19(18(14)20)21-13-15-8-4-2-5-9-15/h2-11,14,17H,12-13H2,1H3/t14-,17-/m0/s1. The molecule has 0 aliphatic carbocycles. The molecule has 0 radical (unpaired) electrons. The number of benzene rings is 2. The fraction of sp³-hybridized carbons (Fsp3) is 0.278. The molecule has 0 unspecified atom stereocenters. The van der Waals surface area contributed by atoms with E-state index in [4.69, 9.17) is 4.84 Å². The zero-order valence-corrected chi connectivity index (χ0v) is 12.1. The van der Waals surface area contributed by atoms with Crippen LogP contribution in [0.25, 0.3) is 0 Å². The monoisotopic (exact) mass is 281 g/mol.